The molecular weight excluding hydrogens is 208 g/mol. The molecule has 0 aliphatic rings. The summed E-state index contributed by atoms with van der Waals surface area (Å²) in [6.45, 7) is 10.5. The monoisotopic (exact) mass is 234 g/mol. The van der Waals surface area contributed by atoms with Gasteiger partial charge in [0.05, 0.1) is 6.61 Å². The van der Waals surface area contributed by atoms with Gasteiger partial charge in [-0.2, -0.15) is 0 Å². The second-order valence-corrected chi connectivity index (χ2v) is 5.09. The minimum absolute atomic E-state index is 0.606. The fourth-order valence-corrected chi connectivity index (χ4v) is 1.87. The van der Waals surface area contributed by atoms with E-state index in [-0.39, 0.29) is 0 Å². The third-order valence-corrected chi connectivity index (χ3v) is 3.42. The Labute approximate surface area is 106 Å². The van der Waals surface area contributed by atoms with Gasteiger partial charge in [0.15, 0.2) is 0 Å². The smallest absolute Gasteiger partial charge is 0.0717 e. The standard InChI is InChI=1S/C16H26O/c1-5-14(6-2)11-17-12-15-7-9-16(10-8-15)13(3)4/h7-10,13-14H,5-6,11-12H2,1-4H3. The van der Waals surface area contributed by atoms with E-state index in [4.69, 9.17) is 4.74 Å². The fourth-order valence-electron chi connectivity index (χ4n) is 1.87. The van der Waals surface area contributed by atoms with E-state index in [1.165, 1.54) is 24.0 Å². The molecule has 1 heteroatoms. The van der Waals surface area contributed by atoms with Crippen LogP contribution in [0.2, 0.25) is 0 Å². The van der Waals surface area contributed by atoms with E-state index < -0.39 is 0 Å². The lowest BCUT2D eigenvalue weighted by molar-refractivity contribution is 0.0843. The van der Waals surface area contributed by atoms with Crippen molar-refractivity contribution in [2.75, 3.05) is 6.61 Å². The van der Waals surface area contributed by atoms with Crippen LogP contribution in [-0.2, 0) is 11.3 Å². The summed E-state index contributed by atoms with van der Waals surface area (Å²) in [5.41, 5.74) is 2.68. The number of rotatable bonds is 7. The molecule has 0 unspecified atom stereocenters. The van der Waals surface area contributed by atoms with Crippen LogP contribution in [0.4, 0.5) is 0 Å². The van der Waals surface area contributed by atoms with Gasteiger partial charge in [0, 0.05) is 6.61 Å². The van der Waals surface area contributed by atoms with Crippen molar-refractivity contribution in [1.82, 2.24) is 0 Å². The van der Waals surface area contributed by atoms with Gasteiger partial charge in [0.2, 0.25) is 0 Å². The topological polar surface area (TPSA) is 9.23 Å². The molecule has 0 heterocycles. The van der Waals surface area contributed by atoms with E-state index in [0.717, 1.165) is 13.2 Å². The maximum atomic E-state index is 5.76. The molecule has 0 saturated carbocycles. The van der Waals surface area contributed by atoms with Gasteiger partial charge < -0.3 is 4.74 Å². The van der Waals surface area contributed by atoms with E-state index in [9.17, 15) is 0 Å². The molecule has 0 aliphatic carbocycles. The molecule has 0 bridgehead atoms. The maximum absolute atomic E-state index is 5.76. The fraction of sp³-hybridized carbons (Fsp3) is 0.625. The van der Waals surface area contributed by atoms with Crippen molar-refractivity contribution in [1.29, 1.82) is 0 Å². The highest BCUT2D eigenvalue weighted by Gasteiger charge is 2.03. The first-order valence-electron chi connectivity index (χ1n) is 6.83. The van der Waals surface area contributed by atoms with Crippen LogP contribution in [0.1, 0.15) is 57.6 Å². The quantitative estimate of drug-likeness (QED) is 0.660. The summed E-state index contributed by atoms with van der Waals surface area (Å²) in [6.07, 6.45) is 2.42. The molecule has 0 N–H and O–H groups in total. The lowest BCUT2D eigenvalue weighted by Crippen LogP contribution is -2.07. The van der Waals surface area contributed by atoms with Gasteiger partial charge in [0.1, 0.15) is 0 Å². The average Bonchev–Trinajstić information content (AvgIpc) is 2.35. The Morgan fingerprint density at radius 3 is 2.06 bits per heavy atom. The first-order valence-corrected chi connectivity index (χ1v) is 6.83. The summed E-state index contributed by atoms with van der Waals surface area (Å²) < 4.78 is 5.76. The van der Waals surface area contributed by atoms with Gasteiger partial charge in [-0.15, -0.1) is 0 Å². The van der Waals surface area contributed by atoms with Crippen LogP contribution in [0, 0.1) is 5.92 Å². The molecule has 0 aliphatic heterocycles. The highest BCUT2D eigenvalue weighted by molar-refractivity contribution is 5.24. The van der Waals surface area contributed by atoms with E-state index >= 15 is 0 Å². The Kier molecular flexibility index (Phi) is 6.28. The second kappa shape index (κ2) is 7.50. The van der Waals surface area contributed by atoms with Crippen LogP contribution in [0.25, 0.3) is 0 Å². The van der Waals surface area contributed by atoms with Crippen LogP contribution in [-0.4, -0.2) is 6.61 Å². The highest BCUT2D eigenvalue weighted by Crippen LogP contribution is 2.15. The van der Waals surface area contributed by atoms with Crippen LogP contribution < -0.4 is 0 Å². The number of hydrogen-bond acceptors (Lipinski definition) is 1. The molecule has 0 saturated heterocycles. The second-order valence-electron chi connectivity index (χ2n) is 5.09. The molecule has 1 nitrogen and oxygen atoms in total. The SMILES string of the molecule is CCC(CC)COCc1ccc(C(C)C)cc1. The summed E-state index contributed by atoms with van der Waals surface area (Å²) in [4.78, 5) is 0. The summed E-state index contributed by atoms with van der Waals surface area (Å²) in [5, 5.41) is 0. The highest BCUT2D eigenvalue weighted by atomic mass is 16.5. The van der Waals surface area contributed by atoms with Gasteiger partial charge in [0.25, 0.3) is 0 Å². The third-order valence-electron chi connectivity index (χ3n) is 3.42. The first kappa shape index (κ1) is 14.2. The van der Waals surface area contributed by atoms with Crippen molar-refractivity contribution < 1.29 is 4.74 Å². The van der Waals surface area contributed by atoms with Crippen molar-refractivity contribution in [3.63, 3.8) is 0 Å². The van der Waals surface area contributed by atoms with Crippen molar-refractivity contribution in [3.8, 4) is 0 Å². The first-order chi connectivity index (χ1) is 8.17. The third kappa shape index (κ3) is 4.91. The summed E-state index contributed by atoms with van der Waals surface area (Å²) in [6, 6.07) is 8.78. The summed E-state index contributed by atoms with van der Waals surface area (Å²) in [7, 11) is 0. The van der Waals surface area contributed by atoms with Gasteiger partial charge in [-0.1, -0.05) is 64.8 Å². The van der Waals surface area contributed by atoms with Crippen LogP contribution in [0.3, 0.4) is 0 Å². The van der Waals surface area contributed by atoms with Crippen LogP contribution in [0.15, 0.2) is 24.3 Å². The molecule has 0 aromatic heterocycles. The van der Waals surface area contributed by atoms with Crippen molar-refractivity contribution in [3.05, 3.63) is 35.4 Å². The molecule has 0 radical (unpaired) electrons. The van der Waals surface area contributed by atoms with E-state index in [2.05, 4.69) is 52.0 Å². The van der Waals surface area contributed by atoms with Gasteiger partial charge in [-0.05, 0) is 23.0 Å². The Morgan fingerprint density at radius 2 is 1.59 bits per heavy atom. The molecule has 0 spiro atoms. The lowest BCUT2D eigenvalue weighted by Gasteiger charge is -2.13. The summed E-state index contributed by atoms with van der Waals surface area (Å²) >= 11 is 0. The average molecular weight is 234 g/mol. The van der Waals surface area contributed by atoms with Crippen LogP contribution in [0.5, 0.6) is 0 Å². The molecule has 1 rings (SSSR count). The van der Waals surface area contributed by atoms with E-state index in [0.29, 0.717) is 11.8 Å². The molecule has 0 fully saturated rings. The number of ether oxygens (including phenoxy) is 1. The van der Waals surface area contributed by atoms with Crippen molar-refractivity contribution >= 4 is 0 Å². The molecule has 1 aromatic rings. The molecule has 0 amide bonds. The molecular formula is C16H26O. The Balaban J connectivity index is 2.37. The molecule has 0 atom stereocenters. The Hall–Kier alpha value is -0.820. The van der Waals surface area contributed by atoms with E-state index in [1.54, 1.807) is 0 Å². The number of benzene rings is 1. The normalized spacial score (nSPS) is 11.4. The summed E-state index contributed by atoms with van der Waals surface area (Å²) in [5.74, 6) is 1.32. The zero-order valence-corrected chi connectivity index (χ0v) is 11.7. The van der Waals surface area contributed by atoms with Gasteiger partial charge in [-0.3, -0.25) is 0 Å². The van der Waals surface area contributed by atoms with Gasteiger partial charge in [-0.25, -0.2) is 0 Å². The zero-order valence-electron chi connectivity index (χ0n) is 11.7. The van der Waals surface area contributed by atoms with E-state index in [1.807, 2.05) is 0 Å². The predicted octanol–water partition coefficient (Wildman–Crippen LogP) is 4.76. The Bertz CT molecular complexity index is 296. The molecule has 96 valence electrons. The minimum atomic E-state index is 0.606. The predicted molar refractivity (Wildman–Crippen MR) is 74.3 cm³/mol. The largest absolute Gasteiger partial charge is 0.376 e. The lowest BCUT2D eigenvalue weighted by atomic mass is 10.0. The minimum Gasteiger partial charge on any atom is -0.376 e. The van der Waals surface area contributed by atoms with Crippen LogP contribution >= 0.6 is 0 Å². The maximum Gasteiger partial charge on any atom is 0.0717 e. The van der Waals surface area contributed by atoms with Crippen molar-refractivity contribution in [2.24, 2.45) is 5.92 Å². The number of hydrogen-bond donors (Lipinski definition) is 0. The molecule has 17 heavy (non-hydrogen) atoms. The Morgan fingerprint density at radius 1 is 1.00 bits per heavy atom. The zero-order chi connectivity index (χ0) is 12.7. The van der Waals surface area contributed by atoms with Crippen molar-refractivity contribution in [2.45, 2.75) is 53.1 Å². The molecule has 1 aromatic carbocycles. The van der Waals surface area contributed by atoms with Gasteiger partial charge >= 0.3 is 0 Å².